The third kappa shape index (κ3) is 5.00. The van der Waals surface area contributed by atoms with Crippen LogP contribution in [-0.2, 0) is 6.42 Å². The number of hydrogen-bond donors (Lipinski definition) is 2. The van der Waals surface area contributed by atoms with Crippen LogP contribution >= 0.6 is 0 Å². The van der Waals surface area contributed by atoms with Crippen molar-refractivity contribution in [3.63, 3.8) is 0 Å². The highest BCUT2D eigenvalue weighted by Gasteiger charge is 2.11. The van der Waals surface area contributed by atoms with Crippen LogP contribution in [0.15, 0.2) is 54.7 Å². The summed E-state index contributed by atoms with van der Waals surface area (Å²) < 4.78 is 31.4. The van der Waals surface area contributed by atoms with Gasteiger partial charge in [0, 0.05) is 24.5 Å². The number of nitrogens with zero attached hydrogens (tertiary/aromatic N) is 2. The molecule has 0 unspecified atom stereocenters. The Balaban J connectivity index is 1.59. The zero-order valence-electron chi connectivity index (χ0n) is 15.1. The average Bonchev–Trinajstić information content (AvgIpc) is 2.71. The van der Waals surface area contributed by atoms with Crippen molar-refractivity contribution in [2.45, 2.75) is 6.42 Å². The normalized spacial score (nSPS) is 10.4. The molecule has 0 saturated carbocycles. The third-order valence-electron chi connectivity index (χ3n) is 3.90. The van der Waals surface area contributed by atoms with E-state index in [-0.39, 0.29) is 11.4 Å². The number of aromatic nitrogens is 2. The SMILES string of the molecule is COc1cccc(CCNc2nccc(C(=O)Nc3ccc(F)c(F)c3)n2)c1. The zero-order chi connectivity index (χ0) is 19.9. The third-order valence-corrected chi connectivity index (χ3v) is 3.90. The van der Waals surface area contributed by atoms with E-state index < -0.39 is 17.5 Å². The van der Waals surface area contributed by atoms with Crippen LogP contribution in [0, 0.1) is 11.6 Å². The van der Waals surface area contributed by atoms with Gasteiger partial charge in [-0.1, -0.05) is 12.1 Å². The second-order valence-corrected chi connectivity index (χ2v) is 5.88. The molecule has 0 aliphatic rings. The van der Waals surface area contributed by atoms with E-state index >= 15 is 0 Å². The molecule has 0 saturated heterocycles. The summed E-state index contributed by atoms with van der Waals surface area (Å²) in [6.45, 7) is 0.557. The molecule has 0 fully saturated rings. The lowest BCUT2D eigenvalue weighted by Crippen LogP contribution is -2.16. The molecule has 0 atom stereocenters. The zero-order valence-corrected chi connectivity index (χ0v) is 15.1. The molecule has 0 aliphatic heterocycles. The molecule has 1 amide bonds. The molecule has 2 aromatic carbocycles. The molecule has 0 aliphatic carbocycles. The molecule has 28 heavy (non-hydrogen) atoms. The van der Waals surface area contributed by atoms with Crippen LogP contribution in [0.5, 0.6) is 5.75 Å². The van der Waals surface area contributed by atoms with Crippen molar-refractivity contribution in [2.75, 3.05) is 24.3 Å². The number of halogens is 2. The standard InChI is InChI=1S/C20H18F2N4O2/c1-28-15-4-2-3-13(11-15)7-9-23-20-24-10-8-18(26-20)19(27)25-14-5-6-16(21)17(22)12-14/h2-6,8,10-12H,7,9H2,1H3,(H,25,27)(H,23,24,26). The van der Waals surface area contributed by atoms with Gasteiger partial charge in [0.15, 0.2) is 11.6 Å². The van der Waals surface area contributed by atoms with Gasteiger partial charge in [0.25, 0.3) is 5.91 Å². The highest BCUT2D eigenvalue weighted by molar-refractivity contribution is 6.02. The van der Waals surface area contributed by atoms with Gasteiger partial charge in [0.1, 0.15) is 11.4 Å². The molecule has 6 nitrogen and oxygen atoms in total. The van der Waals surface area contributed by atoms with E-state index in [0.29, 0.717) is 18.9 Å². The van der Waals surface area contributed by atoms with E-state index in [4.69, 9.17) is 4.74 Å². The topological polar surface area (TPSA) is 76.1 Å². The molecule has 2 N–H and O–H groups in total. The van der Waals surface area contributed by atoms with E-state index in [1.165, 1.54) is 18.3 Å². The quantitative estimate of drug-likeness (QED) is 0.650. The highest BCUT2D eigenvalue weighted by Crippen LogP contribution is 2.15. The number of carbonyl (C=O) groups excluding carboxylic acids is 1. The van der Waals surface area contributed by atoms with Crippen molar-refractivity contribution in [1.29, 1.82) is 0 Å². The maximum absolute atomic E-state index is 13.3. The first-order chi connectivity index (χ1) is 13.5. The Morgan fingerprint density at radius 1 is 1.11 bits per heavy atom. The Morgan fingerprint density at radius 2 is 1.96 bits per heavy atom. The number of amides is 1. The summed E-state index contributed by atoms with van der Waals surface area (Å²) in [6.07, 6.45) is 2.16. The first-order valence-corrected chi connectivity index (χ1v) is 8.51. The van der Waals surface area contributed by atoms with Gasteiger partial charge in [-0.25, -0.2) is 18.7 Å². The predicted octanol–water partition coefficient (Wildman–Crippen LogP) is 3.67. The summed E-state index contributed by atoms with van der Waals surface area (Å²) in [4.78, 5) is 20.5. The van der Waals surface area contributed by atoms with Gasteiger partial charge in [-0.15, -0.1) is 0 Å². The number of anilines is 2. The van der Waals surface area contributed by atoms with Gasteiger partial charge >= 0.3 is 0 Å². The Labute approximate surface area is 160 Å². The van der Waals surface area contributed by atoms with Crippen molar-refractivity contribution in [1.82, 2.24) is 9.97 Å². The minimum Gasteiger partial charge on any atom is -0.497 e. The lowest BCUT2D eigenvalue weighted by atomic mass is 10.1. The van der Waals surface area contributed by atoms with Crippen LogP contribution in [0.3, 0.4) is 0 Å². The number of rotatable bonds is 7. The Bertz CT molecular complexity index is 982. The molecule has 144 valence electrons. The Morgan fingerprint density at radius 3 is 2.75 bits per heavy atom. The van der Waals surface area contributed by atoms with Crippen molar-refractivity contribution in [3.8, 4) is 5.75 Å². The maximum Gasteiger partial charge on any atom is 0.274 e. The number of nitrogens with one attached hydrogen (secondary N) is 2. The second kappa shape index (κ2) is 8.90. The number of ether oxygens (including phenoxy) is 1. The molecule has 0 bridgehead atoms. The predicted molar refractivity (Wildman–Crippen MR) is 102 cm³/mol. The van der Waals surface area contributed by atoms with Gasteiger partial charge in [0.05, 0.1) is 7.11 Å². The summed E-state index contributed by atoms with van der Waals surface area (Å²) in [7, 11) is 1.61. The molecule has 0 spiro atoms. The molecular weight excluding hydrogens is 366 g/mol. The van der Waals surface area contributed by atoms with Crippen LogP contribution in [0.2, 0.25) is 0 Å². The van der Waals surface area contributed by atoms with Crippen LogP contribution in [0.1, 0.15) is 16.1 Å². The van der Waals surface area contributed by atoms with Crippen LogP contribution in [0.25, 0.3) is 0 Å². The first kappa shape index (κ1) is 19.2. The lowest BCUT2D eigenvalue weighted by Gasteiger charge is -2.08. The molecule has 3 aromatic rings. The van der Waals surface area contributed by atoms with Gasteiger partial charge in [-0.05, 0) is 42.3 Å². The molecule has 3 rings (SSSR count). The Kier molecular flexibility index (Phi) is 6.11. The first-order valence-electron chi connectivity index (χ1n) is 8.51. The second-order valence-electron chi connectivity index (χ2n) is 5.88. The summed E-state index contributed by atoms with van der Waals surface area (Å²) >= 11 is 0. The minimum atomic E-state index is -1.04. The Hall–Kier alpha value is -3.55. The monoisotopic (exact) mass is 384 g/mol. The van der Waals surface area contributed by atoms with E-state index in [9.17, 15) is 13.6 Å². The minimum absolute atomic E-state index is 0.101. The fourth-order valence-corrected chi connectivity index (χ4v) is 2.49. The molecular formula is C20H18F2N4O2. The fraction of sp³-hybridized carbons (Fsp3) is 0.150. The average molecular weight is 384 g/mol. The molecule has 8 heteroatoms. The van der Waals surface area contributed by atoms with Gasteiger partial charge < -0.3 is 15.4 Å². The van der Waals surface area contributed by atoms with Crippen molar-refractivity contribution >= 4 is 17.5 Å². The van der Waals surface area contributed by atoms with E-state index in [0.717, 1.165) is 23.4 Å². The van der Waals surface area contributed by atoms with Gasteiger partial charge in [0.2, 0.25) is 5.95 Å². The summed E-state index contributed by atoms with van der Waals surface area (Å²) in [6, 6.07) is 12.2. The van der Waals surface area contributed by atoms with Crippen LogP contribution < -0.4 is 15.4 Å². The molecule has 1 aromatic heterocycles. The van der Waals surface area contributed by atoms with Gasteiger partial charge in [-0.2, -0.15) is 0 Å². The highest BCUT2D eigenvalue weighted by atomic mass is 19.2. The lowest BCUT2D eigenvalue weighted by molar-refractivity contribution is 0.102. The van der Waals surface area contributed by atoms with Crippen molar-refractivity contribution in [2.24, 2.45) is 0 Å². The van der Waals surface area contributed by atoms with Crippen LogP contribution in [0.4, 0.5) is 20.4 Å². The summed E-state index contributed by atoms with van der Waals surface area (Å²) in [5, 5.41) is 5.52. The number of carbonyl (C=O) groups is 1. The fourth-order valence-electron chi connectivity index (χ4n) is 2.49. The number of hydrogen-bond acceptors (Lipinski definition) is 5. The van der Waals surface area contributed by atoms with E-state index in [2.05, 4.69) is 20.6 Å². The van der Waals surface area contributed by atoms with Crippen molar-refractivity contribution < 1.29 is 18.3 Å². The summed E-state index contributed by atoms with van der Waals surface area (Å²) in [5.41, 5.74) is 1.32. The largest absolute Gasteiger partial charge is 0.497 e. The number of methoxy groups -OCH3 is 1. The summed E-state index contributed by atoms with van der Waals surface area (Å²) in [5.74, 6) is -1.50. The number of benzene rings is 2. The van der Waals surface area contributed by atoms with Crippen LogP contribution in [-0.4, -0.2) is 29.5 Å². The van der Waals surface area contributed by atoms with E-state index in [1.54, 1.807) is 7.11 Å². The van der Waals surface area contributed by atoms with Crippen molar-refractivity contribution in [3.05, 3.63) is 77.6 Å². The molecule has 0 radical (unpaired) electrons. The molecule has 1 heterocycles. The smallest absolute Gasteiger partial charge is 0.274 e. The maximum atomic E-state index is 13.3. The van der Waals surface area contributed by atoms with Gasteiger partial charge in [-0.3, -0.25) is 4.79 Å². The van der Waals surface area contributed by atoms with E-state index in [1.807, 2.05) is 24.3 Å².